The van der Waals surface area contributed by atoms with Crippen LogP contribution in [0.15, 0.2) is 0 Å². The Labute approximate surface area is 107 Å². The van der Waals surface area contributed by atoms with Gasteiger partial charge in [0.25, 0.3) is 0 Å². The second kappa shape index (κ2) is 4.86. The van der Waals surface area contributed by atoms with Gasteiger partial charge >= 0.3 is 6.09 Å². The van der Waals surface area contributed by atoms with Crippen molar-refractivity contribution in [2.24, 2.45) is 0 Å². The van der Waals surface area contributed by atoms with Crippen LogP contribution in [0.1, 0.15) is 47.5 Å². The second-order valence-corrected chi connectivity index (χ2v) is 5.94. The van der Waals surface area contributed by atoms with Gasteiger partial charge in [-0.25, -0.2) is 9.18 Å². The molecular formula is C13H22FNO3. The zero-order chi connectivity index (χ0) is 14.1. The minimum Gasteiger partial charge on any atom is -0.444 e. The smallest absolute Gasteiger partial charge is 0.411 e. The van der Waals surface area contributed by atoms with Gasteiger partial charge in [-0.1, -0.05) is 6.92 Å². The van der Waals surface area contributed by atoms with E-state index < -0.39 is 23.4 Å². The standard InChI is InChI=1S/C13H22FNO3/c1-6-10(16)13(5)7-9(14)8-15(13)11(17)18-12(2,3)4/h9H,6-8H2,1-5H3. The number of carbonyl (C=O) groups is 2. The number of hydrogen-bond donors (Lipinski definition) is 0. The van der Waals surface area contributed by atoms with Gasteiger partial charge in [-0.2, -0.15) is 0 Å². The van der Waals surface area contributed by atoms with E-state index in [-0.39, 0.29) is 25.2 Å². The number of ketones is 1. The minimum absolute atomic E-state index is 0.0545. The molecule has 2 atom stereocenters. The summed E-state index contributed by atoms with van der Waals surface area (Å²) in [7, 11) is 0. The summed E-state index contributed by atoms with van der Waals surface area (Å²) < 4.78 is 18.8. The van der Waals surface area contributed by atoms with Crippen LogP contribution in [0.3, 0.4) is 0 Å². The molecule has 1 heterocycles. The predicted molar refractivity (Wildman–Crippen MR) is 66.2 cm³/mol. The molecule has 0 aromatic carbocycles. The van der Waals surface area contributed by atoms with Gasteiger partial charge in [-0.15, -0.1) is 0 Å². The lowest BCUT2D eigenvalue weighted by Gasteiger charge is -2.34. The van der Waals surface area contributed by atoms with Crippen molar-refractivity contribution >= 4 is 11.9 Å². The zero-order valence-electron chi connectivity index (χ0n) is 11.7. The maximum absolute atomic E-state index is 13.6. The highest BCUT2D eigenvalue weighted by molar-refractivity contribution is 5.91. The first-order valence-electron chi connectivity index (χ1n) is 6.28. The van der Waals surface area contributed by atoms with E-state index in [2.05, 4.69) is 0 Å². The highest BCUT2D eigenvalue weighted by Crippen LogP contribution is 2.34. The maximum Gasteiger partial charge on any atom is 0.411 e. The third-order valence-corrected chi connectivity index (χ3v) is 3.13. The monoisotopic (exact) mass is 259 g/mol. The number of rotatable bonds is 2. The van der Waals surface area contributed by atoms with Crippen molar-refractivity contribution in [3.63, 3.8) is 0 Å². The van der Waals surface area contributed by atoms with Gasteiger partial charge in [0.15, 0.2) is 5.78 Å². The lowest BCUT2D eigenvalue weighted by atomic mass is 9.91. The summed E-state index contributed by atoms with van der Waals surface area (Å²) in [5.41, 5.74) is -1.72. The van der Waals surface area contributed by atoms with Crippen molar-refractivity contribution in [2.75, 3.05) is 6.54 Å². The van der Waals surface area contributed by atoms with Crippen LogP contribution in [0.25, 0.3) is 0 Å². The number of likely N-dealkylation sites (tertiary alicyclic amines) is 1. The molecule has 0 radical (unpaired) electrons. The van der Waals surface area contributed by atoms with Gasteiger partial charge < -0.3 is 4.74 Å². The number of hydrogen-bond acceptors (Lipinski definition) is 3. The van der Waals surface area contributed by atoms with Crippen molar-refractivity contribution in [1.29, 1.82) is 0 Å². The summed E-state index contributed by atoms with van der Waals surface area (Å²) >= 11 is 0. The van der Waals surface area contributed by atoms with E-state index in [9.17, 15) is 14.0 Å². The first-order chi connectivity index (χ1) is 8.10. The van der Waals surface area contributed by atoms with Crippen molar-refractivity contribution in [3.8, 4) is 0 Å². The summed E-state index contributed by atoms with van der Waals surface area (Å²) in [6, 6.07) is 0. The van der Waals surface area contributed by atoms with Gasteiger partial charge in [0.05, 0.1) is 6.54 Å². The van der Waals surface area contributed by atoms with Crippen LogP contribution >= 0.6 is 0 Å². The highest BCUT2D eigenvalue weighted by Gasteiger charge is 2.50. The van der Waals surface area contributed by atoms with Gasteiger partial charge in [0.1, 0.15) is 17.3 Å². The zero-order valence-corrected chi connectivity index (χ0v) is 11.7. The highest BCUT2D eigenvalue weighted by atomic mass is 19.1. The Morgan fingerprint density at radius 3 is 2.44 bits per heavy atom. The van der Waals surface area contributed by atoms with Crippen LogP contribution in [0.5, 0.6) is 0 Å². The van der Waals surface area contributed by atoms with Gasteiger partial charge in [-0.05, 0) is 27.7 Å². The Kier molecular flexibility index (Phi) is 4.03. The van der Waals surface area contributed by atoms with E-state index in [1.165, 1.54) is 4.90 Å². The number of carbonyl (C=O) groups excluding carboxylic acids is 2. The van der Waals surface area contributed by atoms with Crippen LogP contribution < -0.4 is 0 Å². The molecule has 4 nitrogen and oxygen atoms in total. The average Bonchev–Trinajstić information content (AvgIpc) is 2.51. The first kappa shape index (κ1) is 14.9. The molecule has 1 aliphatic heterocycles. The SMILES string of the molecule is CCC(=O)C1(C)CC(F)CN1C(=O)OC(C)(C)C. The van der Waals surface area contributed by atoms with Crippen molar-refractivity contribution in [3.05, 3.63) is 0 Å². The quantitative estimate of drug-likeness (QED) is 0.766. The number of Topliss-reactive ketones (excluding diaryl/α,β-unsaturated/α-hetero) is 1. The summed E-state index contributed by atoms with van der Waals surface area (Å²) in [5.74, 6) is -0.131. The molecule has 1 rings (SSSR count). The molecule has 104 valence electrons. The molecule has 0 aliphatic carbocycles. The third kappa shape index (κ3) is 3.00. The number of alkyl halides is 1. The number of halogens is 1. The van der Waals surface area contributed by atoms with Crippen molar-refractivity contribution < 1.29 is 18.7 Å². The van der Waals surface area contributed by atoms with Crippen LogP contribution in [0.2, 0.25) is 0 Å². The van der Waals surface area contributed by atoms with E-state index in [0.717, 1.165) is 0 Å². The lowest BCUT2D eigenvalue weighted by molar-refractivity contribution is -0.128. The molecule has 2 unspecified atom stereocenters. The van der Waals surface area contributed by atoms with E-state index in [4.69, 9.17) is 4.74 Å². The molecule has 0 bridgehead atoms. The fraction of sp³-hybridized carbons (Fsp3) is 0.846. The van der Waals surface area contributed by atoms with Crippen LogP contribution in [-0.2, 0) is 9.53 Å². The molecule has 0 aromatic heterocycles. The van der Waals surface area contributed by atoms with E-state index >= 15 is 0 Å². The molecule has 0 spiro atoms. The van der Waals surface area contributed by atoms with Gasteiger partial charge in [0.2, 0.25) is 0 Å². The van der Waals surface area contributed by atoms with E-state index in [1.807, 2.05) is 0 Å². The lowest BCUT2D eigenvalue weighted by Crippen LogP contribution is -2.52. The largest absolute Gasteiger partial charge is 0.444 e. The van der Waals surface area contributed by atoms with Crippen molar-refractivity contribution in [2.45, 2.75) is 64.8 Å². The molecule has 0 aromatic rings. The van der Waals surface area contributed by atoms with Crippen LogP contribution in [0, 0.1) is 0 Å². The topological polar surface area (TPSA) is 46.6 Å². The minimum atomic E-state index is -1.17. The number of nitrogens with zero attached hydrogens (tertiary/aromatic N) is 1. The molecule has 5 heteroatoms. The Bertz CT molecular complexity index is 351. The summed E-state index contributed by atoms with van der Waals surface area (Å²) in [5, 5.41) is 0. The second-order valence-electron chi connectivity index (χ2n) is 5.94. The Balaban J connectivity index is 2.92. The van der Waals surface area contributed by atoms with Crippen LogP contribution in [-0.4, -0.2) is 40.6 Å². The number of amides is 1. The summed E-state index contributed by atoms with van der Waals surface area (Å²) in [4.78, 5) is 25.2. The molecule has 1 saturated heterocycles. The molecule has 1 aliphatic rings. The van der Waals surface area contributed by atoms with Gasteiger partial charge in [-0.3, -0.25) is 9.69 Å². The van der Waals surface area contributed by atoms with Gasteiger partial charge in [0, 0.05) is 12.8 Å². The normalized spacial score (nSPS) is 28.3. The Morgan fingerprint density at radius 1 is 1.44 bits per heavy atom. The summed E-state index contributed by atoms with van der Waals surface area (Å²) in [6.07, 6.45) is -1.45. The molecule has 18 heavy (non-hydrogen) atoms. The predicted octanol–water partition coefficient (Wildman–Crippen LogP) is 2.70. The Morgan fingerprint density at radius 2 is 2.00 bits per heavy atom. The molecule has 0 saturated carbocycles. The van der Waals surface area contributed by atoms with E-state index in [1.54, 1.807) is 34.6 Å². The maximum atomic E-state index is 13.6. The molecule has 0 N–H and O–H groups in total. The molecular weight excluding hydrogens is 237 g/mol. The average molecular weight is 259 g/mol. The van der Waals surface area contributed by atoms with E-state index in [0.29, 0.717) is 0 Å². The fourth-order valence-electron chi connectivity index (χ4n) is 2.24. The number of ether oxygens (including phenoxy) is 1. The van der Waals surface area contributed by atoms with Crippen molar-refractivity contribution in [1.82, 2.24) is 4.90 Å². The van der Waals surface area contributed by atoms with Crippen LogP contribution in [0.4, 0.5) is 9.18 Å². The molecule has 1 amide bonds. The molecule has 1 fully saturated rings. The first-order valence-corrected chi connectivity index (χ1v) is 6.28. The Hall–Kier alpha value is -1.13. The fourth-order valence-corrected chi connectivity index (χ4v) is 2.24. The third-order valence-electron chi connectivity index (χ3n) is 3.13. The summed E-state index contributed by atoms with van der Waals surface area (Å²) in [6.45, 7) is 8.48.